The number of benzene rings is 10. The van der Waals surface area contributed by atoms with Crippen LogP contribution in [0.1, 0.15) is 18.9 Å². The molecule has 1 aliphatic carbocycles. The Hall–Kier alpha value is -8.92. The van der Waals surface area contributed by atoms with Gasteiger partial charge >= 0.3 is 0 Å². The van der Waals surface area contributed by atoms with Gasteiger partial charge in [0.25, 0.3) is 0 Å². The predicted molar refractivity (Wildman–Crippen MR) is 302 cm³/mol. The third-order valence-electron chi connectivity index (χ3n) is 13.5. The van der Waals surface area contributed by atoms with E-state index in [1.807, 2.05) is 0 Å². The number of para-hydroxylation sites is 2. The molecule has 0 N–H and O–H groups in total. The van der Waals surface area contributed by atoms with Crippen molar-refractivity contribution in [3.63, 3.8) is 0 Å². The van der Waals surface area contributed by atoms with E-state index in [0.29, 0.717) is 5.92 Å². The highest BCUT2D eigenvalue weighted by Crippen LogP contribution is 2.40. The molecule has 11 rings (SSSR count). The zero-order valence-electron chi connectivity index (χ0n) is 40.2. The van der Waals surface area contributed by atoms with Crippen LogP contribution < -0.4 is 14.7 Å². The molecule has 0 bridgehead atoms. The fraction of sp³-hybridized carbons (Fsp3) is 0.0588. The Balaban J connectivity index is 0.832. The zero-order chi connectivity index (χ0) is 47.9. The quantitative estimate of drug-likeness (QED) is 0.114. The minimum atomic E-state index is 0.533. The summed E-state index contributed by atoms with van der Waals surface area (Å²) in [4.78, 5) is 7.02. The van der Waals surface area contributed by atoms with E-state index in [2.05, 4.69) is 308 Å². The summed E-state index contributed by atoms with van der Waals surface area (Å²) in [5, 5.41) is 0. The lowest BCUT2D eigenvalue weighted by Crippen LogP contribution is -2.17. The van der Waals surface area contributed by atoms with E-state index in [1.54, 1.807) is 0 Å². The second-order valence-corrected chi connectivity index (χ2v) is 18.4. The molecule has 3 heteroatoms. The van der Waals surface area contributed by atoms with E-state index < -0.39 is 0 Å². The van der Waals surface area contributed by atoms with Crippen molar-refractivity contribution in [3.05, 3.63) is 290 Å². The fourth-order valence-electron chi connectivity index (χ4n) is 9.57. The topological polar surface area (TPSA) is 9.72 Å². The Labute approximate surface area is 419 Å². The first-order valence-electron chi connectivity index (χ1n) is 24.6. The molecule has 0 heterocycles. The largest absolute Gasteiger partial charge is 0.311 e. The second kappa shape index (κ2) is 20.4. The predicted octanol–water partition coefficient (Wildman–Crippen LogP) is 19.2. The molecule has 0 fully saturated rings. The summed E-state index contributed by atoms with van der Waals surface area (Å²) in [6.07, 6.45) is 7.97. The maximum Gasteiger partial charge on any atom is 0.0462 e. The lowest BCUT2D eigenvalue weighted by Gasteiger charge is -2.29. The van der Waals surface area contributed by atoms with E-state index in [9.17, 15) is 0 Å². The lowest BCUT2D eigenvalue weighted by molar-refractivity contribution is 0.728. The minimum Gasteiger partial charge on any atom is -0.311 e. The summed E-state index contributed by atoms with van der Waals surface area (Å²) in [5.74, 6) is 0.533. The molecule has 71 heavy (non-hydrogen) atoms. The van der Waals surface area contributed by atoms with Crippen LogP contribution in [0.4, 0.5) is 45.5 Å². The van der Waals surface area contributed by atoms with Crippen LogP contribution >= 0.6 is 0 Å². The van der Waals surface area contributed by atoms with Gasteiger partial charge in [-0.05, 0) is 167 Å². The van der Waals surface area contributed by atoms with Gasteiger partial charge in [-0.15, -0.1) is 0 Å². The molecule has 0 aromatic heterocycles. The summed E-state index contributed by atoms with van der Waals surface area (Å²) in [7, 11) is 0. The molecule has 0 saturated carbocycles. The Morgan fingerprint density at radius 3 is 0.831 bits per heavy atom. The van der Waals surface area contributed by atoms with Gasteiger partial charge in [0, 0.05) is 51.2 Å². The van der Waals surface area contributed by atoms with Crippen LogP contribution in [0.3, 0.4) is 0 Å². The number of hydrogen-bond acceptors (Lipinski definition) is 3. The van der Waals surface area contributed by atoms with Gasteiger partial charge in [-0.2, -0.15) is 0 Å². The van der Waals surface area contributed by atoms with Crippen LogP contribution in [0.25, 0.3) is 44.5 Å². The molecular formula is C68H55N3. The van der Waals surface area contributed by atoms with Crippen molar-refractivity contribution in [2.45, 2.75) is 20.3 Å². The summed E-state index contributed by atoms with van der Waals surface area (Å²) < 4.78 is 0. The molecular weight excluding hydrogens is 859 g/mol. The van der Waals surface area contributed by atoms with Crippen LogP contribution in [-0.2, 0) is 0 Å². The molecule has 3 nitrogen and oxygen atoms in total. The van der Waals surface area contributed by atoms with Crippen molar-refractivity contribution >= 4 is 45.5 Å². The highest BCUT2D eigenvalue weighted by Gasteiger charge is 2.18. The highest BCUT2D eigenvalue weighted by atomic mass is 15.2. The maximum absolute atomic E-state index is 2.37. The van der Waals surface area contributed by atoms with Crippen LogP contribution in [-0.4, -0.2) is 0 Å². The normalized spacial score (nSPS) is 13.0. The van der Waals surface area contributed by atoms with Crippen molar-refractivity contribution in [2.75, 3.05) is 14.7 Å². The zero-order valence-corrected chi connectivity index (χ0v) is 40.2. The first kappa shape index (κ1) is 44.6. The first-order chi connectivity index (χ1) is 35.0. The van der Waals surface area contributed by atoms with Gasteiger partial charge in [-0.3, -0.25) is 0 Å². The average molecular weight is 914 g/mol. The number of rotatable bonds is 13. The summed E-state index contributed by atoms with van der Waals surface area (Å²) >= 11 is 0. The summed E-state index contributed by atoms with van der Waals surface area (Å²) in [5.41, 5.74) is 20.9. The summed E-state index contributed by atoms with van der Waals surface area (Å²) in [6, 6.07) is 94.1. The van der Waals surface area contributed by atoms with Gasteiger partial charge in [0.2, 0.25) is 0 Å². The number of aryl methyl sites for hydroxylation is 1. The number of nitrogens with zero attached hydrogens (tertiary/aromatic N) is 3. The Kier molecular flexibility index (Phi) is 12.8. The number of anilines is 8. The number of allylic oxidation sites excluding steroid dienone is 3. The van der Waals surface area contributed by atoms with E-state index in [4.69, 9.17) is 0 Å². The standard InChI is InChI=1S/C68H55N3/c1-50-18-22-53(23-19-50)55-26-40-63(41-27-55)69(60-14-8-4-9-15-60)64-42-28-56(29-43-64)57-30-44-65(45-31-57)70(61-16-10-5-11-17-61)66-46-32-58(33-47-66)59-34-48-68(49-35-59)71(62-36-20-51(2)21-37-62)67-38-24-54(25-39-67)52-12-6-3-7-13-52/h3-20,22-49,51H,21H2,1-2H3. The van der Waals surface area contributed by atoms with Crippen molar-refractivity contribution < 1.29 is 0 Å². The van der Waals surface area contributed by atoms with Gasteiger partial charge in [-0.25, -0.2) is 0 Å². The third kappa shape index (κ3) is 9.86. The molecule has 1 aliphatic rings. The van der Waals surface area contributed by atoms with Gasteiger partial charge in [0.1, 0.15) is 0 Å². The Morgan fingerprint density at radius 1 is 0.282 bits per heavy atom. The smallest absolute Gasteiger partial charge is 0.0462 e. The van der Waals surface area contributed by atoms with E-state index in [-0.39, 0.29) is 0 Å². The molecule has 1 unspecified atom stereocenters. The van der Waals surface area contributed by atoms with Crippen molar-refractivity contribution in [1.29, 1.82) is 0 Å². The molecule has 10 aromatic carbocycles. The van der Waals surface area contributed by atoms with Gasteiger partial charge in [0.05, 0.1) is 0 Å². The molecule has 0 amide bonds. The van der Waals surface area contributed by atoms with Crippen LogP contribution in [0.2, 0.25) is 0 Å². The van der Waals surface area contributed by atoms with Gasteiger partial charge in [0.15, 0.2) is 0 Å². The average Bonchev–Trinajstić information content (AvgIpc) is 3.44. The fourth-order valence-corrected chi connectivity index (χ4v) is 9.57. The molecule has 0 spiro atoms. The van der Waals surface area contributed by atoms with E-state index >= 15 is 0 Å². The first-order valence-corrected chi connectivity index (χ1v) is 24.6. The lowest BCUT2D eigenvalue weighted by atomic mass is 9.99. The van der Waals surface area contributed by atoms with E-state index in [1.165, 1.54) is 44.6 Å². The second-order valence-electron chi connectivity index (χ2n) is 18.4. The molecule has 342 valence electrons. The van der Waals surface area contributed by atoms with Gasteiger partial charge < -0.3 is 14.7 Å². The van der Waals surface area contributed by atoms with Crippen molar-refractivity contribution in [1.82, 2.24) is 0 Å². The monoisotopic (exact) mass is 913 g/mol. The van der Waals surface area contributed by atoms with Crippen LogP contribution in [0.5, 0.6) is 0 Å². The van der Waals surface area contributed by atoms with Crippen LogP contribution in [0.15, 0.2) is 285 Å². The molecule has 1 atom stereocenters. The van der Waals surface area contributed by atoms with E-state index in [0.717, 1.165) is 63.0 Å². The van der Waals surface area contributed by atoms with Gasteiger partial charge in [-0.1, -0.05) is 188 Å². The molecule has 0 saturated heterocycles. The molecule has 10 aromatic rings. The summed E-state index contributed by atoms with van der Waals surface area (Å²) in [6.45, 7) is 4.40. The maximum atomic E-state index is 2.37. The Bertz CT molecular complexity index is 3380. The van der Waals surface area contributed by atoms with Crippen molar-refractivity contribution in [2.24, 2.45) is 5.92 Å². The minimum absolute atomic E-state index is 0.533. The van der Waals surface area contributed by atoms with Crippen LogP contribution in [0, 0.1) is 12.8 Å². The SMILES string of the molecule is Cc1ccc(-c2ccc(N(c3ccccc3)c3ccc(-c4ccc(N(c5ccccc5)c5ccc(-c6ccc(N(C7=CCC(C)C=C7)c7ccc(-c8ccccc8)cc7)cc6)cc5)cc4)cc3)cc2)cc1. The third-order valence-corrected chi connectivity index (χ3v) is 13.5. The molecule has 0 radical (unpaired) electrons. The number of hydrogen-bond donors (Lipinski definition) is 0. The van der Waals surface area contributed by atoms with Crippen molar-refractivity contribution in [3.8, 4) is 44.5 Å². The highest BCUT2D eigenvalue weighted by molar-refractivity contribution is 5.83. The Morgan fingerprint density at radius 2 is 0.535 bits per heavy atom. The molecule has 0 aliphatic heterocycles.